The maximum Gasteiger partial charge on any atom is 0.342 e. The van der Waals surface area contributed by atoms with Crippen LogP contribution in [0.1, 0.15) is 47.0 Å². The van der Waals surface area contributed by atoms with Crippen molar-refractivity contribution >= 4 is 16.9 Å². The molecule has 30 heavy (non-hydrogen) atoms. The fourth-order valence-corrected chi connectivity index (χ4v) is 4.19. The number of furan rings is 1. The number of piperidine rings is 1. The van der Waals surface area contributed by atoms with Gasteiger partial charge in [-0.25, -0.2) is 4.79 Å². The summed E-state index contributed by atoms with van der Waals surface area (Å²) in [5, 5.41) is 11.3. The summed E-state index contributed by atoms with van der Waals surface area (Å²) in [7, 11) is 0. The number of rotatable bonds is 6. The van der Waals surface area contributed by atoms with Crippen molar-refractivity contribution in [1.29, 1.82) is 0 Å². The van der Waals surface area contributed by atoms with Gasteiger partial charge < -0.3 is 14.3 Å². The van der Waals surface area contributed by atoms with Gasteiger partial charge in [0.1, 0.15) is 22.7 Å². The van der Waals surface area contributed by atoms with Crippen LogP contribution in [0.4, 0.5) is 0 Å². The van der Waals surface area contributed by atoms with E-state index in [-0.39, 0.29) is 5.75 Å². The molecule has 5 heteroatoms. The van der Waals surface area contributed by atoms with Gasteiger partial charge in [-0.15, -0.1) is 0 Å². The zero-order chi connectivity index (χ0) is 21.1. The van der Waals surface area contributed by atoms with Crippen LogP contribution in [0.2, 0.25) is 0 Å². The lowest BCUT2D eigenvalue weighted by Gasteiger charge is -2.30. The van der Waals surface area contributed by atoms with Crippen molar-refractivity contribution in [2.24, 2.45) is 5.92 Å². The molecule has 0 atom stereocenters. The van der Waals surface area contributed by atoms with Gasteiger partial charge in [0.2, 0.25) is 0 Å². The van der Waals surface area contributed by atoms with Gasteiger partial charge in [0.15, 0.2) is 0 Å². The molecule has 3 aromatic rings. The van der Waals surface area contributed by atoms with Gasteiger partial charge in [-0.3, -0.25) is 4.90 Å². The number of esters is 1. The predicted molar refractivity (Wildman–Crippen MR) is 117 cm³/mol. The zero-order valence-corrected chi connectivity index (χ0v) is 17.7. The van der Waals surface area contributed by atoms with E-state index in [0.717, 1.165) is 43.0 Å². The van der Waals surface area contributed by atoms with E-state index in [4.69, 9.17) is 9.15 Å². The van der Waals surface area contributed by atoms with Crippen molar-refractivity contribution in [3.63, 3.8) is 0 Å². The number of phenolic OH excluding ortho intramolecular Hbond substituents is 1. The van der Waals surface area contributed by atoms with E-state index in [0.29, 0.717) is 41.9 Å². The van der Waals surface area contributed by atoms with Crippen LogP contribution in [0.5, 0.6) is 5.75 Å². The highest BCUT2D eigenvalue weighted by Gasteiger charge is 2.26. The molecule has 2 aromatic carbocycles. The van der Waals surface area contributed by atoms with Crippen molar-refractivity contribution in [2.45, 2.75) is 39.7 Å². The van der Waals surface area contributed by atoms with Crippen molar-refractivity contribution in [3.05, 3.63) is 64.9 Å². The maximum atomic E-state index is 13.0. The zero-order valence-electron chi connectivity index (χ0n) is 17.7. The number of nitrogens with zero attached hydrogens (tertiary/aromatic N) is 1. The van der Waals surface area contributed by atoms with E-state index < -0.39 is 5.97 Å². The Morgan fingerprint density at radius 2 is 1.90 bits per heavy atom. The van der Waals surface area contributed by atoms with Gasteiger partial charge in [-0.1, -0.05) is 37.3 Å². The average molecular weight is 408 g/mol. The van der Waals surface area contributed by atoms with Crippen LogP contribution in [0.15, 0.2) is 46.9 Å². The van der Waals surface area contributed by atoms with E-state index in [1.165, 1.54) is 0 Å². The molecule has 2 heterocycles. The smallest absolute Gasteiger partial charge is 0.342 e. The molecule has 1 N–H and O–H groups in total. The van der Waals surface area contributed by atoms with Gasteiger partial charge in [-0.05, 0) is 56.5 Å². The highest BCUT2D eigenvalue weighted by atomic mass is 16.5. The topological polar surface area (TPSA) is 62.9 Å². The number of fused-ring (bicyclic) bond motifs is 1. The third-order valence-electron chi connectivity index (χ3n) is 6.04. The fraction of sp³-hybridized carbons (Fsp3) is 0.400. The molecule has 1 fully saturated rings. The Morgan fingerprint density at radius 1 is 1.17 bits per heavy atom. The number of aromatic hydroxyl groups is 1. The highest BCUT2D eigenvalue weighted by Crippen LogP contribution is 2.35. The Hall–Kier alpha value is -2.79. The molecule has 158 valence electrons. The SMILES string of the molecule is Cc1oc2ccc(O)c(CN3CCC(C)CC3)c2c1C(=O)OCCc1ccccc1. The number of hydrogen-bond donors (Lipinski definition) is 1. The first kappa shape index (κ1) is 20.5. The van der Waals surface area contributed by atoms with Gasteiger partial charge in [0.05, 0.1) is 6.61 Å². The Kier molecular flexibility index (Phi) is 6.09. The summed E-state index contributed by atoms with van der Waals surface area (Å²) in [6, 6.07) is 13.3. The molecule has 0 saturated carbocycles. The van der Waals surface area contributed by atoms with Crippen LogP contribution in [0.25, 0.3) is 11.0 Å². The number of aryl methyl sites for hydroxylation is 1. The molecule has 4 rings (SSSR count). The van der Waals surface area contributed by atoms with E-state index >= 15 is 0 Å². The molecule has 0 amide bonds. The van der Waals surface area contributed by atoms with E-state index in [9.17, 15) is 9.90 Å². The standard InChI is InChI=1S/C25H29NO4/c1-17-10-13-26(14-11-17)16-20-21(27)8-9-22-24(20)23(18(2)30-22)25(28)29-15-12-19-6-4-3-5-7-19/h3-9,17,27H,10-16H2,1-2H3. The fourth-order valence-electron chi connectivity index (χ4n) is 4.19. The summed E-state index contributed by atoms with van der Waals surface area (Å²) < 4.78 is 11.4. The van der Waals surface area contributed by atoms with Crippen LogP contribution in [0, 0.1) is 12.8 Å². The molecular formula is C25H29NO4. The van der Waals surface area contributed by atoms with Crippen molar-refractivity contribution in [2.75, 3.05) is 19.7 Å². The second kappa shape index (κ2) is 8.92. The lowest BCUT2D eigenvalue weighted by molar-refractivity contribution is 0.0509. The van der Waals surface area contributed by atoms with Crippen LogP contribution >= 0.6 is 0 Å². The molecule has 0 bridgehead atoms. The van der Waals surface area contributed by atoms with Crippen molar-refractivity contribution in [3.8, 4) is 5.75 Å². The second-order valence-electron chi connectivity index (χ2n) is 8.30. The number of carbonyl (C=O) groups excluding carboxylic acids is 1. The summed E-state index contributed by atoms with van der Waals surface area (Å²) in [5.74, 6) is 1.05. The minimum absolute atomic E-state index is 0.195. The third-order valence-corrected chi connectivity index (χ3v) is 6.04. The highest BCUT2D eigenvalue weighted by molar-refractivity contribution is 6.06. The normalized spacial score (nSPS) is 15.5. The van der Waals surface area contributed by atoms with Crippen molar-refractivity contribution in [1.82, 2.24) is 4.90 Å². The monoisotopic (exact) mass is 407 g/mol. The molecule has 1 aliphatic rings. The van der Waals surface area contributed by atoms with Crippen LogP contribution in [0.3, 0.4) is 0 Å². The second-order valence-corrected chi connectivity index (χ2v) is 8.30. The molecule has 0 spiro atoms. The van der Waals surface area contributed by atoms with Crippen LogP contribution < -0.4 is 0 Å². The summed E-state index contributed by atoms with van der Waals surface area (Å²) in [6.07, 6.45) is 2.95. The Morgan fingerprint density at radius 3 is 2.63 bits per heavy atom. The lowest BCUT2D eigenvalue weighted by Crippen LogP contribution is -2.32. The number of carbonyl (C=O) groups is 1. The first-order valence-electron chi connectivity index (χ1n) is 10.7. The lowest BCUT2D eigenvalue weighted by atomic mass is 9.97. The number of benzene rings is 2. The molecule has 0 radical (unpaired) electrons. The average Bonchev–Trinajstić information content (AvgIpc) is 3.08. The Balaban J connectivity index is 1.57. The number of phenols is 1. The van der Waals surface area contributed by atoms with Crippen LogP contribution in [-0.2, 0) is 17.7 Å². The molecule has 0 aliphatic carbocycles. The summed E-state index contributed by atoms with van der Waals surface area (Å²) >= 11 is 0. The first-order valence-corrected chi connectivity index (χ1v) is 10.7. The van der Waals surface area contributed by atoms with Crippen LogP contribution in [-0.4, -0.2) is 35.7 Å². The summed E-state index contributed by atoms with van der Waals surface area (Å²) in [6.45, 7) is 6.93. The third kappa shape index (κ3) is 4.36. The van der Waals surface area contributed by atoms with Gasteiger partial charge >= 0.3 is 5.97 Å². The minimum atomic E-state index is -0.402. The van der Waals surface area contributed by atoms with Gasteiger partial charge in [-0.2, -0.15) is 0 Å². The number of hydrogen-bond acceptors (Lipinski definition) is 5. The summed E-state index contributed by atoms with van der Waals surface area (Å²) in [5.41, 5.74) is 2.90. The number of ether oxygens (including phenoxy) is 1. The first-order chi connectivity index (χ1) is 14.5. The molecular weight excluding hydrogens is 378 g/mol. The van der Waals surface area contributed by atoms with Crippen molar-refractivity contribution < 1.29 is 19.1 Å². The van der Waals surface area contributed by atoms with Gasteiger partial charge in [0, 0.05) is 23.9 Å². The van der Waals surface area contributed by atoms with E-state index in [1.807, 2.05) is 30.3 Å². The minimum Gasteiger partial charge on any atom is -0.508 e. The molecule has 0 unspecified atom stereocenters. The van der Waals surface area contributed by atoms with E-state index in [1.54, 1.807) is 19.1 Å². The predicted octanol–water partition coefficient (Wildman–Crippen LogP) is 5.08. The van der Waals surface area contributed by atoms with Gasteiger partial charge in [0.25, 0.3) is 0 Å². The summed E-state index contributed by atoms with van der Waals surface area (Å²) in [4.78, 5) is 15.3. The largest absolute Gasteiger partial charge is 0.508 e. The number of likely N-dealkylation sites (tertiary alicyclic amines) is 1. The molecule has 1 aliphatic heterocycles. The Bertz CT molecular complexity index is 1020. The quantitative estimate of drug-likeness (QED) is 0.578. The molecule has 1 aromatic heterocycles. The molecule has 5 nitrogen and oxygen atoms in total. The maximum absolute atomic E-state index is 13.0. The molecule has 1 saturated heterocycles. The van der Waals surface area contributed by atoms with E-state index in [2.05, 4.69) is 11.8 Å². The Labute approximate surface area is 177 Å².